The summed E-state index contributed by atoms with van der Waals surface area (Å²) >= 11 is 0. The molecule has 0 bridgehead atoms. The van der Waals surface area contributed by atoms with Gasteiger partial charge in [-0.05, 0) is 42.8 Å². The molecule has 3 rings (SSSR count). The summed E-state index contributed by atoms with van der Waals surface area (Å²) in [6.45, 7) is 1.66. The van der Waals surface area contributed by atoms with E-state index in [1.807, 2.05) is 31.2 Å². The highest BCUT2D eigenvalue weighted by Crippen LogP contribution is 2.31. The van der Waals surface area contributed by atoms with Crippen LogP contribution < -0.4 is 15.6 Å². The zero-order valence-corrected chi connectivity index (χ0v) is 17.8. The number of aliphatic hydroxyl groups excluding tert-OH is 1. The zero-order chi connectivity index (χ0) is 24.0. The number of hydrogen-bond donors (Lipinski definition) is 2. The minimum Gasteiger partial charge on any atom is -0.491 e. The van der Waals surface area contributed by atoms with Gasteiger partial charge in [0.05, 0.1) is 12.1 Å². The van der Waals surface area contributed by atoms with E-state index in [0.29, 0.717) is 6.54 Å². The highest BCUT2D eigenvalue weighted by Gasteiger charge is 2.30. The first kappa shape index (κ1) is 24.1. The summed E-state index contributed by atoms with van der Waals surface area (Å²) in [5, 5.41) is 12.5. The van der Waals surface area contributed by atoms with Crippen molar-refractivity contribution in [1.82, 2.24) is 9.88 Å². The third kappa shape index (κ3) is 6.69. The summed E-state index contributed by atoms with van der Waals surface area (Å²) in [5.41, 5.74) is 0.531. The molecule has 2 aromatic carbocycles. The molecular formula is C24H23F3N2O4. The topological polar surface area (TPSA) is 80.6 Å². The molecule has 6 nitrogen and oxygen atoms in total. The third-order valence-electron chi connectivity index (χ3n) is 4.80. The number of ether oxygens (including phenoxy) is 1. The molecule has 0 saturated carbocycles. The number of pyridine rings is 1. The van der Waals surface area contributed by atoms with Crippen molar-refractivity contribution in [2.75, 3.05) is 13.2 Å². The van der Waals surface area contributed by atoms with Crippen LogP contribution in [0.25, 0.3) is 0 Å². The number of rotatable bonds is 8. The summed E-state index contributed by atoms with van der Waals surface area (Å²) in [4.78, 5) is 25.1. The molecule has 0 aliphatic heterocycles. The Morgan fingerprint density at radius 1 is 1.12 bits per heavy atom. The number of amides is 1. The molecule has 0 aliphatic rings. The van der Waals surface area contributed by atoms with Crippen LogP contribution in [0.4, 0.5) is 13.2 Å². The van der Waals surface area contributed by atoms with E-state index in [1.54, 1.807) is 12.3 Å². The standard InChI is InChI=1S/C24H23F3N2O4/c1-16-5-2-6-17(11-16)14-29-10-4-9-21(23(29)32)22(31)28-13-19(30)15-33-20-8-3-7-18(12-20)24(25,26)27/h2-12,19,30H,13-15H2,1H3,(H,28,31). The summed E-state index contributed by atoms with van der Waals surface area (Å²) in [5.74, 6) is -0.728. The molecule has 0 spiro atoms. The number of alkyl halides is 3. The van der Waals surface area contributed by atoms with Gasteiger partial charge in [-0.25, -0.2) is 0 Å². The Hall–Kier alpha value is -3.59. The van der Waals surface area contributed by atoms with E-state index in [1.165, 1.54) is 22.8 Å². The molecule has 0 fully saturated rings. The second-order valence-electron chi connectivity index (χ2n) is 7.54. The molecule has 1 aromatic heterocycles. The van der Waals surface area contributed by atoms with Crippen molar-refractivity contribution < 1.29 is 27.8 Å². The first-order chi connectivity index (χ1) is 15.6. The number of hydrogen-bond acceptors (Lipinski definition) is 4. The number of nitrogens with one attached hydrogen (secondary N) is 1. The fourth-order valence-electron chi connectivity index (χ4n) is 3.16. The van der Waals surface area contributed by atoms with Crippen LogP contribution in [0.3, 0.4) is 0 Å². The quantitative estimate of drug-likeness (QED) is 0.540. The van der Waals surface area contributed by atoms with E-state index in [4.69, 9.17) is 4.74 Å². The maximum atomic E-state index is 12.8. The van der Waals surface area contributed by atoms with Gasteiger partial charge in [0, 0.05) is 12.7 Å². The Labute approximate surface area is 188 Å². The maximum absolute atomic E-state index is 12.8. The van der Waals surface area contributed by atoms with Gasteiger partial charge in [0.2, 0.25) is 0 Å². The van der Waals surface area contributed by atoms with Gasteiger partial charge in [-0.15, -0.1) is 0 Å². The molecule has 0 radical (unpaired) electrons. The van der Waals surface area contributed by atoms with Crippen LogP contribution in [0.5, 0.6) is 5.75 Å². The van der Waals surface area contributed by atoms with Crippen LogP contribution in [0.15, 0.2) is 71.7 Å². The molecule has 174 valence electrons. The van der Waals surface area contributed by atoms with Crippen molar-refractivity contribution >= 4 is 5.91 Å². The number of aryl methyl sites for hydroxylation is 1. The van der Waals surface area contributed by atoms with E-state index < -0.39 is 29.3 Å². The van der Waals surface area contributed by atoms with Crippen LogP contribution in [-0.4, -0.2) is 34.8 Å². The lowest BCUT2D eigenvalue weighted by Crippen LogP contribution is -2.38. The Morgan fingerprint density at radius 3 is 2.61 bits per heavy atom. The molecule has 1 atom stereocenters. The molecule has 1 unspecified atom stereocenters. The molecular weight excluding hydrogens is 437 g/mol. The van der Waals surface area contributed by atoms with Crippen molar-refractivity contribution in [1.29, 1.82) is 0 Å². The SMILES string of the molecule is Cc1cccc(Cn2cccc(C(=O)NCC(O)COc3cccc(C(F)(F)F)c3)c2=O)c1. The average Bonchev–Trinajstić information content (AvgIpc) is 2.77. The van der Waals surface area contributed by atoms with Crippen molar-refractivity contribution in [3.8, 4) is 5.75 Å². The van der Waals surface area contributed by atoms with Gasteiger partial charge >= 0.3 is 6.18 Å². The van der Waals surface area contributed by atoms with Gasteiger partial charge in [-0.1, -0.05) is 35.9 Å². The molecule has 9 heteroatoms. The molecule has 33 heavy (non-hydrogen) atoms. The highest BCUT2D eigenvalue weighted by molar-refractivity contribution is 5.93. The van der Waals surface area contributed by atoms with Crippen molar-refractivity contribution in [3.05, 3.63) is 99.5 Å². The van der Waals surface area contributed by atoms with Gasteiger partial charge < -0.3 is 19.7 Å². The maximum Gasteiger partial charge on any atom is 0.416 e. The Balaban J connectivity index is 1.57. The molecule has 2 N–H and O–H groups in total. The molecule has 3 aromatic rings. The van der Waals surface area contributed by atoms with Crippen molar-refractivity contribution in [2.45, 2.75) is 25.7 Å². The van der Waals surface area contributed by atoms with Crippen LogP contribution in [-0.2, 0) is 12.7 Å². The van der Waals surface area contributed by atoms with Crippen LogP contribution in [0.2, 0.25) is 0 Å². The number of halogens is 3. The molecule has 1 amide bonds. The molecule has 0 saturated heterocycles. The highest BCUT2D eigenvalue weighted by atomic mass is 19.4. The summed E-state index contributed by atoms with van der Waals surface area (Å²) < 4.78 is 44.9. The number of benzene rings is 2. The minimum atomic E-state index is -4.51. The van der Waals surface area contributed by atoms with E-state index >= 15 is 0 Å². The smallest absolute Gasteiger partial charge is 0.416 e. The van der Waals surface area contributed by atoms with E-state index in [9.17, 15) is 27.9 Å². The second kappa shape index (κ2) is 10.4. The van der Waals surface area contributed by atoms with Crippen molar-refractivity contribution in [3.63, 3.8) is 0 Å². The predicted molar refractivity (Wildman–Crippen MR) is 116 cm³/mol. The normalized spacial score (nSPS) is 12.3. The minimum absolute atomic E-state index is 0.0581. The summed E-state index contributed by atoms with van der Waals surface area (Å²) in [6, 6.07) is 14.9. The van der Waals surface area contributed by atoms with Gasteiger partial charge in [-0.2, -0.15) is 13.2 Å². The first-order valence-corrected chi connectivity index (χ1v) is 10.1. The average molecular weight is 460 g/mol. The fraction of sp³-hybridized carbons (Fsp3) is 0.250. The van der Waals surface area contributed by atoms with Crippen LogP contribution in [0, 0.1) is 6.92 Å². The number of aliphatic hydroxyl groups is 1. The number of carbonyl (C=O) groups is 1. The van der Waals surface area contributed by atoms with Gasteiger partial charge in [0.15, 0.2) is 0 Å². The fourth-order valence-corrected chi connectivity index (χ4v) is 3.16. The lowest BCUT2D eigenvalue weighted by Gasteiger charge is -2.15. The predicted octanol–water partition coefficient (Wildman–Crippen LogP) is 3.39. The Bertz CT molecular complexity index is 1170. The van der Waals surface area contributed by atoms with Crippen LogP contribution >= 0.6 is 0 Å². The van der Waals surface area contributed by atoms with Gasteiger partial charge in [0.25, 0.3) is 11.5 Å². The number of aromatic nitrogens is 1. The molecule has 1 heterocycles. The first-order valence-electron chi connectivity index (χ1n) is 10.1. The van der Waals surface area contributed by atoms with Crippen LogP contribution in [0.1, 0.15) is 27.0 Å². The zero-order valence-electron chi connectivity index (χ0n) is 17.8. The Kier molecular flexibility index (Phi) is 7.55. The third-order valence-corrected chi connectivity index (χ3v) is 4.80. The van der Waals surface area contributed by atoms with Crippen molar-refractivity contribution in [2.24, 2.45) is 0 Å². The lowest BCUT2D eigenvalue weighted by atomic mass is 10.1. The Morgan fingerprint density at radius 2 is 1.88 bits per heavy atom. The van der Waals surface area contributed by atoms with E-state index in [0.717, 1.165) is 23.3 Å². The summed E-state index contributed by atoms with van der Waals surface area (Å²) in [6.07, 6.45) is -4.12. The monoisotopic (exact) mass is 460 g/mol. The number of nitrogens with zero attached hydrogens (tertiary/aromatic N) is 1. The van der Waals surface area contributed by atoms with E-state index in [2.05, 4.69) is 5.32 Å². The van der Waals surface area contributed by atoms with Gasteiger partial charge in [-0.3, -0.25) is 9.59 Å². The van der Waals surface area contributed by atoms with E-state index in [-0.39, 0.29) is 24.5 Å². The van der Waals surface area contributed by atoms with Gasteiger partial charge in [0.1, 0.15) is 24.0 Å². The lowest BCUT2D eigenvalue weighted by molar-refractivity contribution is -0.137. The number of carbonyl (C=O) groups excluding carboxylic acids is 1. The second-order valence-corrected chi connectivity index (χ2v) is 7.54. The largest absolute Gasteiger partial charge is 0.491 e. The summed E-state index contributed by atoms with van der Waals surface area (Å²) in [7, 11) is 0. The molecule has 0 aliphatic carbocycles.